The Hall–Kier alpha value is -2.93. The fraction of sp³-hybridized carbons (Fsp3) is 0.409. The van der Waals surface area contributed by atoms with Crippen LogP contribution in [0.25, 0.3) is 11.0 Å². The van der Waals surface area contributed by atoms with Gasteiger partial charge in [-0.15, -0.1) is 0 Å². The van der Waals surface area contributed by atoms with Crippen molar-refractivity contribution in [3.63, 3.8) is 0 Å². The van der Waals surface area contributed by atoms with Gasteiger partial charge in [0.2, 0.25) is 5.82 Å². The van der Waals surface area contributed by atoms with Crippen molar-refractivity contribution < 1.29 is 9.21 Å². The number of rotatable bonds is 4. The van der Waals surface area contributed by atoms with Gasteiger partial charge in [-0.25, -0.2) is 9.97 Å². The van der Waals surface area contributed by atoms with Crippen LogP contribution in [-0.2, 0) is 6.54 Å². The van der Waals surface area contributed by atoms with Gasteiger partial charge in [0, 0.05) is 54.9 Å². The topological polar surface area (TPSA) is 88.5 Å². The van der Waals surface area contributed by atoms with E-state index in [1.807, 2.05) is 45.0 Å². The molecule has 3 aromatic rings. The molecule has 7 nitrogen and oxygen atoms in total. The molecule has 2 N–H and O–H groups in total. The van der Waals surface area contributed by atoms with Crippen LogP contribution in [0.4, 0.5) is 5.82 Å². The third-order valence-electron chi connectivity index (χ3n) is 5.72. The maximum Gasteiger partial charge on any atom is 0.291 e. The maximum atomic E-state index is 13.1. The highest BCUT2D eigenvalue weighted by molar-refractivity contribution is 5.91. The van der Waals surface area contributed by atoms with Crippen LogP contribution in [0.5, 0.6) is 0 Å². The van der Waals surface area contributed by atoms with Gasteiger partial charge in [-0.1, -0.05) is 18.2 Å². The van der Waals surface area contributed by atoms with Crippen molar-refractivity contribution in [3.8, 4) is 0 Å². The third kappa shape index (κ3) is 3.58. The zero-order chi connectivity index (χ0) is 20.7. The Morgan fingerprint density at radius 1 is 1.28 bits per heavy atom. The first-order chi connectivity index (χ1) is 13.8. The molecule has 0 unspecified atom stereocenters. The molecule has 1 atom stereocenters. The van der Waals surface area contributed by atoms with Crippen molar-refractivity contribution in [2.75, 3.05) is 25.0 Å². The van der Waals surface area contributed by atoms with E-state index >= 15 is 0 Å². The molecule has 29 heavy (non-hydrogen) atoms. The van der Waals surface area contributed by atoms with Gasteiger partial charge in [0.05, 0.1) is 0 Å². The van der Waals surface area contributed by atoms with Crippen LogP contribution in [0.2, 0.25) is 0 Å². The van der Waals surface area contributed by atoms with Crippen LogP contribution in [0, 0.1) is 20.8 Å². The summed E-state index contributed by atoms with van der Waals surface area (Å²) in [5.74, 6) is 1.64. The largest absolute Gasteiger partial charge is 0.461 e. The lowest BCUT2D eigenvalue weighted by Gasteiger charge is -2.22. The Kier molecular flexibility index (Phi) is 5.00. The number of aromatic nitrogens is 2. The van der Waals surface area contributed by atoms with E-state index in [1.54, 1.807) is 11.9 Å². The second-order valence-corrected chi connectivity index (χ2v) is 7.87. The third-order valence-corrected chi connectivity index (χ3v) is 5.72. The average Bonchev–Trinajstić information content (AvgIpc) is 3.26. The summed E-state index contributed by atoms with van der Waals surface area (Å²) in [5.41, 5.74) is 9.71. The number of benzene rings is 1. The minimum atomic E-state index is -0.206. The minimum absolute atomic E-state index is 0.142. The van der Waals surface area contributed by atoms with Gasteiger partial charge in [0.15, 0.2) is 0 Å². The smallest absolute Gasteiger partial charge is 0.291 e. The lowest BCUT2D eigenvalue weighted by molar-refractivity contribution is 0.0772. The van der Waals surface area contributed by atoms with Crippen molar-refractivity contribution in [1.29, 1.82) is 0 Å². The summed E-state index contributed by atoms with van der Waals surface area (Å²) in [5, 5.41) is 1.03. The summed E-state index contributed by atoms with van der Waals surface area (Å²) in [6, 6.07) is 8.01. The van der Waals surface area contributed by atoms with Crippen molar-refractivity contribution in [2.24, 2.45) is 5.73 Å². The number of carbonyl (C=O) groups is 1. The van der Waals surface area contributed by atoms with Gasteiger partial charge in [0.1, 0.15) is 17.2 Å². The van der Waals surface area contributed by atoms with Crippen molar-refractivity contribution in [2.45, 2.75) is 39.8 Å². The molecule has 0 spiro atoms. The molecule has 1 aromatic carbocycles. The first-order valence-corrected chi connectivity index (χ1v) is 9.93. The van der Waals surface area contributed by atoms with E-state index in [4.69, 9.17) is 10.2 Å². The summed E-state index contributed by atoms with van der Waals surface area (Å²) in [4.78, 5) is 26.0. The molecule has 0 radical (unpaired) electrons. The van der Waals surface area contributed by atoms with Gasteiger partial charge < -0.3 is 20.0 Å². The molecule has 1 saturated heterocycles. The van der Waals surface area contributed by atoms with Crippen LogP contribution in [0.3, 0.4) is 0 Å². The van der Waals surface area contributed by atoms with E-state index in [0.29, 0.717) is 6.54 Å². The molecule has 0 aliphatic carbocycles. The number of amides is 1. The van der Waals surface area contributed by atoms with E-state index in [9.17, 15) is 4.79 Å². The second-order valence-electron chi connectivity index (χ2n) is 7.87. The van der Waals surface area contributed by atoms with E-state index < -0.39 is 0 Å². The number of carbonyl (C=O) groups excluding carboxylic acids is 1. The summed E-state index contributed by atoms with van der Waals surface area (Å²) >= 11 is 0. The number of anilines is 1. The molecule has 0 saturated carbocycles. The van der Waals surface area contributed by atoms with Crippen LogP contribution in [0.15, 0.2) is 28.7 Å². The molecule has 152 valence electrons. The number of aryl methyl sites for hydroxylation is 2. The summed E-state index contributed by atoms with van der Waals surface area (Å²) < 4.78 is 5.83. The number of hydrogen-bond acceptors (Lipinski definition) is 6. The number of fused-ring (bicyclic) bond motifs is 1. The van der Waals surface area contributed by atoms with Gasteiger partial charge in [0.25, 0.3) is 5.91 Å². The first-order valence-electron chi connectivity index (χ1n) is 9.93. The molecule has 1 fully saturated rings. The fourth-order valence-electron chi connectivity index (χ4n) is 3.89. The standard InChI is InChI=1S/C22H27N5O2/c1-13-14(2)24-20(25-21(13)27-10-9-16(23)11-27)22(28)26(4)12-18-15(3)29-19-8-6-5-7-17(18)19/h5-8,16H,9-12,23H2,1-4H3/t16-/m1/s1. The van der Waals surface area contributed by atoms with Gasteiger partial charge >= 0.3 is 0 Å². The summed E-state index contributed by atoms with van der Waals surface area (Å²) in [6.07, 6.45) is 0.929. The second kappa shape index (κ2) is 7.48. The Bertz CT molecular complexity index is 1070. The minimum Gasteiger partial charge on any atom is -0.461 e. The van der Waals surface area contributed by atoms with Crippen LogP contribution in [-0.4, -0.2) is 47.0 Å². The fourth-order valence-corrected chi connectivity index (χ4v) is 3.89. The molecular formula is C22H27N5O2. The lowest BCUT2D eigenvalue weighted by atomic mass is 10.1. The van der Waals surface area contributed by atoms with E-state index in [0.717, 1.165) is 58.9 Å². The molecule has 1 amide bonds. The summed E-state index contributed by atoms with van der Waals surface area (Å²) in [7, 11) is 1.77. The van der Waals surface area contributed by atoms with E-state index in [1.165, 1.54) is 0 Å². The number of nitrogens with two attached hydrogens (primary N) is 1. The average molecular weight is 393 g/mol. The maximum absolute atomic E-state index is 13.1. The van der Waals surface area contributed by atoms with Crippen LogP contribution in [0.1, 0.15) is 39.6 Å². The quantitative estimate of drug-likeness (QED) is 0.733. The Morgan fingerprint density at radius 2 is 2.03 bits per heavy atom. The normalized spacial score (nSPS) is 16.6. The van der Waals surface area contributed by atoms with E-state index in [-0.39, 0.29) is 17.8 Å². The Labute approximate surface area is 170 Å². The molecule has 2 aromatic heterocycles. The van der Waals surface area contributed by atoms with E-state index in [2.05, 4.69) is 14.9 Å². The van der Waals surface area contributed by atoms with Crippen molar-refractivity contribution in [3.05, 3.63) is 52.7 Å². The molecule has 1 aliphatic rings. The molecule has 4 rings (SSSR count). The highest BCUT2D eigenvalue weighted by Gasteiger charge is 2.26. The lowest BCUT2D eigenvalue weighted by Crippen LogP contribution is -2.31. The van der Waals surface area contributed by atoms with Crippen molar-refractivity contribution in [1.82, 2.24) is 14.9 Å². The highest BCUT2D eigenvalue weighted by Crippen LogP contribution is 2.27. The summed E-state index contributed by atoms with van der Waals surface area (Å²) in [6.45, 7) is 7.87. The molecule has 3 heterocycles. The SMILES string of the molecule is Cc1nc(C(=O)N(C)Cc2c(C)oc3ccccc23)nc(N2CC[C@@H](N)C2)c1C. The predicted molar refractivity (Wildman–Crippen MR) is 113 cm³/mol. The highest BCUT2D eigenvalue weighted by atomic mass is 16.3. The predicted octanol–water partition coefficient (Wildman–Crippen LogP) is 2.96. The number of hydrogen-bond donors (Lipinski definition) is 1. The number of para-hydroxylation sites is 1. The molecular weight excluding hydrogens is 366 g/mol. The first kappa shape index (κ1) is 19.4. The zero-order valence-corrected chi connectivity index (χ0v) is 17.4. The molecule has 1 aliphatic heterocycles. The molecule has 7 heteroatoms. The number of nitrogens with zero attached hydrogens (tertiary/aromatic N) is 4. The monoisotopic (exact) mass is 393 g/mol. The van der Waals surface area contributed by atoms with Gasteiger partial charge in [-0.2, -0.15) is 0 Å². The van der Waals surface area contributed by atoms with Crippen molar-refractivity contribution >= 4 is 22.7 Å². The molecule has 0 bridgehead atoms. The number of furan rings is 1. The van der Waals surface area contributed by atoms with Gasteiger partial charge in [-0.3, -0.25) is 4.79 Å². The Morgan fingerprint density at radius 3 is 2.76 bits per heavy atom. The van der Waals surface area contributed by atoms with Crippen LogP contribution >= 0.6 is 0 Å². The Balaban J connectivity index is 1.62. The van der Waals surface area contributed by atoms with Crippen LogP contribution < -0.4 is 10.6 Å². The zero-order valence-electron chi connectivity index (χ0n) is 17.4. The van der Waals surface area contributed by atoms with Gasteiger partial charge in [-0.05, 0) is 33.3 Å².